The molecular formula is C7H11NO2S. The van der Waals surface area contributed by atoms with Gasteiger partial charge < -0.3 is 10.5 Å². The molecule has 0 unspecified atom stereocenters. The molecule has 0 aliphatic heterocycles. The SMILES string of the molecule is CCOC(=O)C(C=S)=C(C)N. The van der Waals surface area contributed by atoms with Gasteiger partial charge in [-0.1, -0.05) is 12.2 Å². The first-order valence-electron chi connectivity index (χ1n) is 3.22. The monoisotopic (exact) mass is 173 g/mol. The van der Waals surface area contributed by atoms with Crippen LogP contribution in [0, 0.1) is 0 Å². The second-order valence-corrected chi connectivity index (χ2v) is 2.17. The highest BCUT2D eigenvalue weighted by Crippen LogP contribution is 1.98. The molecule has 0 spiro atoms. The van der Waals surface area contributed by atoms with E-state index in [1.54, 1.807) is 13.8 Å². The highest BCUT2D eigenvalue weighted by Gasteiger charge is 2.08. The summed E-state index contributed by atoms with van der Waals surface area (Å²) in [6.45, 7) is 3.67. The van der Waals surface area contributed by atoms with E-state index in [2.05, 4.69) is 17.0 Å². The van der Waals surface area contributed by atoms with E-state index in [4.69, 9.17) is 5.73 Å². The molecule has 4 heteroatoms. The number of ether oxygens (including phenoxy) is 1. The lowest BCUT2D eigenvalue weighted by molar-refractivity contribution is -0.137. The zero-order valence-corrected chi connectivity index (χ0v) is 7.40. The Morgan fingerprint density at radius 3 is 2.55 bits per heavy atom. The number of thiocarbonyl (C=S) groups is 1. The van der Waals surface area contributed by atoms with Crippen molar-refractivity contribution < 1.29 is 9.53 Å². The van der Waals surface area contributed by atoms with Gasteiger partial charge in [-0.2, -0.15) is 0 Å². The second kappa shape index (κ2) is 4.85. The molecule has 3 nitrogen and oxygen atoms in total. The molecule has 0 amide bonds. The quantitative estimate of drug-likeness (QED) is 0.389. The molecule has 62 valence electrons. The zero-order valence-electron chi connectivity index (χ0n) is 6.59. The van der Waals surface area contributed by atoms with Crippen LogP contribution in [-0.2, 0) is 9.53 Å². The number of carbonyl (C=O) groups excluding carboxylic acids is 1. The molecule has 0 saturated heterocycles. The first kappa shape index (κ1) is 10.1. The molecule has 0 fully saturated rings. The molecule has 0 aromatic heterocycles. The Hall–Kier alpha value is -0.900. The number of rotatable bonds is 3. The topological polar surface area (TPSA) is 52.3 Å². The third-order valence-electron chi connectivity index (χ3n) is 1.04. The molecule has 0 aromatic carbocycles. The molecule has 11 heavy (non-hydrogen) atoms. The fourth-order valence-corrected chi connectivity index (χ4v) is 0.793. The summed E-state index contributed by atoms with van der Waals surface area (Å²) in [7, 11) is 0. The minimum absolute atomic E-state index is 0.266. The molecule has 0 aliphatic carbocycles. The van der Waals surface area contributed by atoms with Crippen LogP contribution in [0.15, 0.2) is 11.3 Å². The fourth-order valence-electron chi connectivity index (χ4n) is 0.511. The molecule has 0 aromatic rings. The summed E-state index contributed by atoms with van der Waals surface area (Å²) < 4.78 is 4.68. The number of esters is 1. The summed E-state index contributed by atoms with van der Waals surface area (Å²) in [6, 6.07) is 0. The maximum absolute atomic E-state index is 11.0. The number of nitrogens with two attached hydrogens (primary N) is 1. The van der Waals surface area contributed by atoms with Crippen LogP contribution < -0.4 is 5.73 Å². The minimum atomic E-state index is -0.456. The lowest BCUT2D eigenvalue weighted by Crippen LogP contribution is -2.12. The fraction of sp³-hybridized carbons (Fsp3) is 0.429. The van der Waals surface area contributed by atoms with Crippen molar-refractivity contribution in [3.63, 3.8) is 0 Å². The van der Waals surface area contributed by atoms with Crippen molar-refractivity contribution in [3.8, 4) is 0 Å². The third-order valence-corrected chi connectivity index (χ3v) is 1.27. The average Bonchev–Trinajstić information content (AvgIpc) is 1.88. The van der Waals surface area contributed by atoms with E-state index in [0.717, 1.165) is 0 Å². The summed E-state index contributed by atoms with van der Waals surface area (Å²) in [5.74, 6) is -0.456. The van der Waals surface area contributed by atoms with Gasteiger partial charge in [0.15, 0.2) is 0 Å². The van der Waals surface area contributed by atoms with E-state index < -0.39 is 5.97 Å². The Labute approximate surface area is 71.2 Å². The van der Waals surface area contributed by atoms with Gasteiger partial charge in [-0.25, -0.2) is 4.79 Å². The summed E-state index contributed by atoms with van der Waals surface area (Å²) in [5, 5.41) is 1.23. The van der Waals surface area contributed by atoms with E-state index >= 15 is 0 Å². The van der Waals surface area contributed by atoms with Gasteiger partial charge in [0, 0.05) is 11.1 Å². The predicted octanol–water partition coefficient (Wildman–Crippen LogP) is 0.782. The van der Waals surface area contributed by atoms with E-state index in [1.807, 2.05) is 0 Å². The maximum Gasteiger partial charge on any atom is 0.340 e. The molecular weight excluding hydrogens is 162 g/mol. The number of carbonyl (C=O) groups is 1. The maximum atomic E-state index is 11.0. The molecule has 0 aliphatic rings. The summed E-state index contributed by atoms with van der Waals surface area (Å²) in [6.07, 6.45) is 0. The standard InChI is InChI=1S/C7H11NO2S/c1-3-10-7(9)6(4-11)5(2)8/h4H,3,8H2,1-2H3. The number of allylic oxidation sites excluding steroid dienone is 1. The summed E-state index contributed by atoms with van der Waals surface area (Å²) in [4.78, 5) is 11.0. The van der Waals surface area contributed by atoms with Gasteiger partial charge in [0.1, 0.15) is 0 Å². The normalized spacial score (nSPS) is 11.8. The highest BCUT2D eigenvalue weighted by molar-refractivity contribution is 7.79. The van der Waals surface area contributed by atoms with Crippen LogP contribution in [-0.4, -0.2) is 17.9 Å². The van der Waals surface area contributed by atoms with E-state index in [9.17, 15) is 4.79 Å². The molecule has 0 bridgehead atoms. The van der Waals surface area contributed by atoms with Crippen molar-refractivity contribution in [1.82, 2.24) is 0 Å². The smallest absolute Gasteiger partial charge is 0.340 e. The first-order valence-corrected chi connectivity index (χ1v) is 3.69. The first-order chi connectivity index (χ1) is 5.13. The minimum Gasteiger partial charge on any atom is -0.462 e. The number of hydrogen-bond acceptors (Lipinski definition) is 4. The van der Waals surface area contributed by atoms with Gasteiger partial charge in [-0.3, -0.25) is 0 Å². The number of hydrogen-bond donors (Lipinski definition) is 1. The van der Waals surface area contributed by atoms with Gasteiger partial charge in [0.05, 0.1) is 12.2 Å². The lowest BCUT2D eigenvalue weighted by Gasteiger charge is -2.02. The van der Waals surface area contributed by atoms with E-state index in [1.165, 1.54) is 5.37 Å². The molecule has 0 radical (unpaired) electrons. The van der Waals surface area contributed by atoms with Gasteiger partial charge in [-0.05, 0) is 13.8 Å². The van der Waals surface area contributed by atoms with Crippen LogP contribution in [0.5, 0.6) is 0 Å². The second-order valence-electron chi connectivity index (χ2n) is 1.94. The van der Waals surface area contributed by atoms with Crippen molar-refractivity contribution in [2.75, 3.05) is 6.61 Å². The predicted molar refractivity (Wildman–Crippen MR) is 47.2 cm³/mol. The van der Waals surface area contributed by atoms with E-state index in [0.29, 0.717) is 12.3 Å². The molecule has 0 rings (SSSR count). The molecule has 0 heterocycles. The highest BCUT2D eigenvalue weighted by atomic mass is 32.1. The van der Waals surface area contributed by atoms with Crippen molar-refractivity contribution in [1.29, 1.82) is 0 Å². The van der Waals surface area contributed by atoms with Crippen molar-refractivity contribution in [3.05, 3.63) is 11.3 Å². The van der Waals surface area contributed by atoms with Gasteiger partial charge in [0.2, 0.25) is 0 Å². The summed E-state index contributed by atoms with van der Waals surface area (Å²) in [5.41, 5.74) is 6.01. The van der Waals surface area contributed by atoms with Crippen molar-refractivity contribution in [2.45, 2.75) is 13.8 Å². The third kappa shape index (κ3) is 3.13. The van der Waals surface area contributed by atoms with Crippen LogP contribution in [0.1, 0.15) is 13.8 Å². The van der Waals surface area contributed by atoms with Crippen LogP contribution in [0.4, 0.5) is 0 Å². The molecule has 0 atom stereocenters. The van der Waals surface area contributed by atoms with Gasteiger partial charge in [0.25, 0.3) is 0 Å². The Morgan fingerprint density at radius 1 is 1.73 bits per heavy atom. The van der Waals surface area contributed by atoms with Crippen molar-refractivity contribution in [2.24, 2.45) is 5.73 Å². The molecule has 0 saturated carbocycles. The van der Waals surface area contributed by atoms with Crippen molar-refractivity contribution >= 4 is 23.6 Å². The van der Waals surface area contributed by atoms with Crippen LogP contribution in [0.3, 0.4) is 0 Å². The zero-order chi connectivity index (χ0) is 8.85. The lowest BCUT2D eigenvalue weighted by atomic mass is 10.2. The van der Waals surface area contributed by atoms with Gasteiger partial charge >= 0.3 is 5.97 Å². The van der Waals surface area contributed by atoms with Crippen LogP contribution >= 0.6 is 12.2 Å². The Morgan fingerprint density at radius 2 is 2.27 bits per heavy atom. The Kier molecular flexibility index (Phi) is 4.45. The van der Waals surface area contributed by atoms with Gasteiger partial charge in [-0.15, -0.1) is 0 Å². The summed E-state index contributed by atoms with van der Waals surface area (Å²) >= 11 is 4.58. The Balaban J connectivity index is 4.40. The Bertz CT molecular complexity index is 195. The molecule has 2 N–H and O–H groups in total. The van der Waals surface area contributed by atoms with E-state index in [-0.39, 0.29) is 5.57 Å². The average molecular weight is 173 g/mol. The largest absolute Gasteiger partial charge is 0.462 e. The van der Waals surface area contributed by atoms with Crippen LogP contribution in [0.25, 0.3) is 0 Å². The van der Waals surface area contributed by atoms with Crippen LogP contribution in [0.2, 0.25) is 0 Å².